The monoisotopic (exact) mass is 715 g/mol. The average Bonchev–Trinajstić information content (AvgIpc) is 3.76. The molecule has 0 aliphatic heterocycles. The molecule has 2 nitrogen and oxygen atoms in total. The molecule has 7 aromatic rings. The van der Waals surface area contributed by atoms with E-state index in [0.717, 1.165) is 40.5 Å². The van der Waals surface area contributed by atoms with Gasteiger partial charge in [-0.25, -0.2) is 0 Å². The molecule has 1 heterocycles. The van der Waals surface area contributed by atoms with Crippen molar-refractivity contribution >= 4 is 39.0 Å². The maximum absolute atomic E-state index is 6.74. The molecule has 0 N–H and O–H groups in total. The summed E-state index contributed by atoms with van der Waals surface area (Å²) >= 11 is 0. The van der Waals surface area contributed by atoms with Crippen LogP contribution < -0.4 is 4.90 Å². The first-order valence-electron chi connectivity index (χ1n) is 20.8. The number of fused-ring (bicyclic) bond motifs is 9. The Balaban J connectivity index is 1.07. The van der Waals surface area contributed by atoms with E-state index in [1.54, 1.807) is 11.1 Å². The second kappa shape index (κ2) is 10.8. The van der Waals surface area contributed by atoms with Gasteiger partial charge >= 0.3 is 0 Å². The Morgan fingerprint density at radius 1 is 0.509 bits per heavy atom. The number of nitrogens with zero attached hydrogens (tertiary/aromatic N) is 1. The summed E-state index contributed by atoms with van der Waals surface area (Å²) in [6, 6.07) is 46.8. The predicted molar refractivity (Wildman–Crippen MR) is 228 cm³/mol. The minimum Gasteiger partial charge on any atom is -0.456 e. The topological polar surface area (TPSA) is 16.4 Å². The average molecular weight is 716 g/mol. The SMILES string of the molecule is CC(C)(C)c1ccc2c(c1)oc1cc(N(c3ccc4c(c3)C(C)(C)c3ccccc3-4)c3ccc4c(c3)C3(c5ccccc5-4)C4CC5CC(C4)CC3C5)ccc12. The van der Waals surface area contributed by atoms with Crippen LogP contribution in [0, 0.1) is 23.7 Å². The van der Waals surface area contributed by atoms with Gasteiger partial charge in [0.2, 0.25) is 0 Å². The highest BCUT2D eigenvalue weighted by Gasteiger charge is 2.61. The van der Waals surface area contributed by atoms with E-state index in [0.29, 0.717) is 0 Å². The van der Waals surface area contributed by atoms with Gasteiger partial charge in [-0.1, -0.05) is 107 Å². The first-order valence-corrected chi connectivity index (χ1v) is 20.8. The molecule has 272 valence electrons. The van der Waals surface area contributed by atoms with Gasteiger partial charge in [-0.15, -0.1) is 0 Å². The fraction of sp³-hybridized carbons (Fsp3) is 0.321. The number of hydrogen-bond acceptors (Lipinski definition) is 2. The van der Waals surface area contributed by atoms with Crippen molar-refractivity contribution < 1.29 is 4.42 Å². The Labute approximate surface area is 325 Å². The molecule has 2 heteroatoms. The Kier molecular flexibility index (Phi) is 6.33. The zero-order valence-corrected chi connectivity index (χ0v) is 32.7. The van der Waals surface area contributed by atoms with Crippen molar-refractivity contribution in [2.75, 3.05) is 4.90 Å². The minimum atomic E-state index is -0.0922. The molecule has 4 saturated carbocycles. The van der Waals surface area contributed by atoms with Crippen LogP contribution in [0.25, 0.3) is 44.2 Å². The molecule has 0 amide bonds. The molecular weight excluding hydrogens is 667 g/mol. The van der Waals surface area contributed by atoms with Crippen LogP contribution in [0.15, 0.2) is 126 Å². The van der Waals surface area contributed by atoms with Gasteiger partial charge in [0.1, 0.15) is 11.2 Å². The molecule has 6 aliphatic rings. The van der Waals surface area contributed by atoms with E-state index >= 15 is 0 Å². The molecule has 6 aromatic carbocycles. The number of furan rings is 1. The van der Waals surface area contributed by atoms with E-state index in [9.17, 15) is 0 Å². The zero-order valence-electron chi connectivity index (χ0n) is 32.7. The summed E-state index contributed by atoms with van der Waals surface area (Å²) in [5.74, 6) is 3.27. The Morgan fingerprint density at radius 3 is 1.69 bits per heavy atom. The molecule has 55 heavy (non-hydrogen) atoms. The van der Waals surface area contributed by atoms with Gasteiger partial charge in [0.05, 0.1) is 0 Å². The van der Waals surface area contributed by atoms with Crippen LogP contribution in [0.1, 0.15) is 94.5 Å². The normalized spacial score (nSPS) is 25.0. The Bertz CT molecular complexity index is 2720. The predicted octanol–water partition coefficient (Wildman–Crippen LogP) is 14.4. The first kappa shape index (κ1) is 32.2. The van der Waals surface area contributed by atoms with E-state index in [4.69, 9.17) is 4.42 Å². The second-order valence-corrected chi connectivity index (χ2v) is 19.4. The molecular formula is C53H49NO. The van der Waals surface area contributed by atoms with Gasteiger partial charge in [0.15, 0.2) is 0 Å². The number of hydrogen-bond donors (Lipinski definition) is 0. The smallest absolute Gasteiger partial charge is 0.137 e. The maximum atomic E-state index is 6.74. The lowest BCUT2D eigenvalue weighted by Gasteiger charge is -2.61. The van der Waals surface area contributed by atoms with Crippen molar-refractivity contribution in [2.24, 2.45) is 23.7 Å². The van der Waals surface area contributed by atoms with Crippen LogP contribution in [-0.4, -0.2) is 0 Å². The van der Waals surface area contributed by atoms with E-state index in [1.807, 2.05) is 0 Å². The van der Waals surface area contributed by atoms with Crippen molar-refractivity contribution in [3.8, 4) is 22.3 Å². The fourth-order valence-electron chi connectivity index (χ4n) is 12.9. The van der Waals surface area contributed by atoms with Crippen molar-refractivity contribution in [3.05, 3.63) is 149 Å². The number of rotatable bonds is 3. The third kappa shape index (κ3) is 4.26. The molecule has 6 aliphatic carbocycles. The van der Waals surface area contributed by atoms with Crippen LogP contribution >= 0.6 is 0 Å². The van der Waals surface area contributed by atoms with Gasteiger partial charge in [-0.3, -0.25) is 0 Å². The summed E-state index contributed by atoms with van der Waals surface area (Å²) in [6.07, 6.45) is 7.00. The number of anilines is 3. The molecule has 0 saturated heterocycles. The summed E-state index contributed by atoms with van der Waals surface area (Å²) in [4.78, 5) is 2.53. The van der Waals surface area contributed by atoms with Crippen LogP contribution in [0.3, 0.4) is 0 Å². The highest BCUT2D eigenvalue weighted by molar-refractivity contribution is 6.06. The minimum absolute atomic E-state index is 0.0536. The van der Waals surface area contributed by atoms with Gasteiger partial charge in [0, 0.05) is 44.7 Å². The fourth-order valence-corrected chi connectivity index (χ4v) is 12.9. The van der Waals surface area contributed by atoms with Crippen molar-refractivity contribution in [3.63, 3.8) is 0 Å². The Hall–Kier alpha value is -5.08. The van der Waals surface area contributed by atoms with Gasteiger partial charge in [-0.05, 0) is 154 Å². The highest BCUT2D eigenvalue weighted by Crippen LogP contribution is 2.69. The maximum Gasteiger partial charge on any atom is 0.137 e. The summed E-state index contributed by atoms with van der Waals surface area (Å²) < 4.78 is 6.74. The third-order valence-electron chi connectivity index (χ3n) is 15.2. The van der Waals surface area contributed by atoms with E-state index in [-0.39, 0.29) is 16.2 Å². The first-order chi connectivity index (χ1) is 26.6. The zero-order chi connectivity index (χ0) is 37.0. The van der Waals surface area contributed by atoms with Crippen LogP contribution in [0.2, 0.25) is 0 Å². The summed E-state index contributed by atoms with van der Waals surface area (Å²) in [5, 5.41) is 2.35. The van der Waals surface area contributed by atoms with Gasteiger partial charge in [0.25, 0.3) is 0 Å². The molecule has 13 rings (SSSR count). The lowest BCUT2D eigenvalue weighted by Crippen LogP contribution is -2.55. The molecule has 0 radical (unpaired) electrons. The molecule has 1 spiro atoms. The highest BCUT2D eigenvalue weighted by atomic mass is 16.3. The molecule has 1 aromatic heterocycles. The quantitative estimate of drug-likeness (QED) is 0.181. The van der Waals surface area contributed by atoms with E-state index < -0.39 is 0 Å². The summed E-state index contributed by atoms with van der Waals surface area (Å²) in [6.45, 7) is 11.6. The van der Waals surface area contributed by atoms with Crippen LogP contribution in [0.4, 0.5) is 17.1 Å². The Morgan fingerprint density at radius 2 is 1.02 bits per heavy atom. The lowest BCUT2D eigenvalue weighted by molar-refractivity contribution is -0.0399. The van der Waals surface area contributed by atoms with Gasteiger partial charge in [-0.2, -0.15) is 0 Å². The molecule has 0 atom stereocenters. The molecule has 0 unspecified atom stereocenters. The second-order valence-electron chi connectivity index (χ2n) is 19.4. The van der Waals surface area contributed by atoms with Crippen LogP contribution in [0.5, 0.6) is 0 Å². The van der Waals surface area contributed by atoms with E-state index in [2.05, 4.69) is 161 Å². The van der Waals surface area contributed by atoms with Crippen molar-refractivity contribution in [2.45, 2.75) is 83.0 Å². The molecule has 4 fully saturated rings. The summed E-state index contributed by atoms with van der Waals surface area (Å²) in [5.41, 5.74) is 18.4. The van der Waals surface area contributed by atoms with Gasteiger partial charge < -0.3 is 9.32 Å². The van der Waals surface area contributed by atoms with Crippen molar-refractivity contribution in [1.82, 2.24) is 0 Å². The number of benzene rings is 6. The third-order valence-corrected chi connectivity index (χ3v) is 15.2. The lowest BCUT2D eigenvalue weighted by atomic mass is 9.43. The standard InChI is InChI=1S/C53H49NO/c1-51(2,3)33-14-18-43-44-21-17-38(30-50(44)55-49(43)27-33)54(36-15-19-41-39-10-6-8-12-45(39)52(4,5)47(41)28-36)37-16-20-42-40-11-7-9-13-46(40)53(48(42)29-37)34-23-31-22-32(25-34)26-35(53)24-31/h6-21,27-32,34-35H,22-26H2,1-5H3. The van der Waals surface area contributed by atoms with Crippen molar-refractivity contribution in [1.29, 1.82) is 0 Å². The van der Waals surface area contributed by atoms with Crippen LogP contribution in [-0.2, 0) is 16.2 Å². The molecule has 4 bridgehead atoms. The summed E-state index contributed by atoms with van der Waals surface area (Å²) in [7, 11) is 0. The van der Waals surface area contributed by atoms with E-state index in [1.165, 1.54) is 93.2 Å². The largest absolute Gasteiger partial charge is 0.456 e.